The van der Waals surface area contributed by atoms with E-state index in [0.717, 1.165) is 48.8 Å². The van der Waals surface area contributed by atoms with Gasteiger partial charge >= 0.3 is 0 Å². The van der Waals surface area contributed by atoms with Crippen LogP contribution in [0.3, 0.4) is 0 Å². The lowest BCUT2D eigenvalue weighted by atomic mass is 10.0. The number of ether oxygens (including phenoxy) is 3. The van der Waals surface area contributed by atoms with Crippen LogP contribution in [0.25, 0.3) is 0 Å². The molecule has 7 nitrogen and oxygen atoms in total. The molecule has 1 aromatic carbocycles. The molecule has 28 heavy (non-hydrogen) atoms. The molecule has 1 heterocycles. The molecule has 0 spiro atoms. The van der Waals surface area contributed by atoms with E-state index < -0.39 is 0 Å². The van der Waals surface area contributed by atoms with Gasteiger partial charge in [-0.3, -0.25) is 9.89 Å². The summed E-state index contributed by atoms with van der Waals surface area (Å²) >= 11 is 3.59. The molecule has 0 aromatic heterocycles. The highest BCUT2D eigenvalue weighted by Gasteiger charge is 2.28. The quantitative estimate of drug-likeness (QED) is 0.298. The minimum atomic E-state index is 0. The number of nitrogens with one attached hydrogen (secondary N) is 2. The largest absolute Gasteiger partial charge is 0.493 e. The summed E-state index contributed by atoms with van der Waals surface area (Å²) in [6, 6.07) is 3.87. The Kier molecular flexibility index (Phi) is 10.9. The van der Waals surface area contributed by atoms with E-state index in [-0.39, 0.29) is 29.5 Å². The summed E-state index contributed by atoms with van der Waals surface area (Å²) in [7, 11) is 5.04. The minimum Gasteiger partial charge on any atom is -0.493 e. The van der Waals surface area contributed by atoms with Crippen molar-refractivity contribution in [3.8, 4) is 11.5 Å². The molecule has 2 N–H and O–H groups in total. The van der Waals surface area contributed by atoms with Crippen LogP contribution in [-0.4, -0.2) is 70.5 Å². The Morgan fingerprint density at radius 2 is 1.79 bits per heavy atom. The Morgan fingerprint density at radius 1 is 1.18 bits per heavy atom. The Bertz CT molecular complexity index is 652. The Morgan fingerprint density at radius 3 is 2.36 bits per heavy atom. The number of benzene rings is 1. The molecule has 1 aromatic rings. The third-order valence-corrected chi connectivity index (χ3v) is 5.52. The van der Waals surface area contributed by atoms with Crippen LogP contribution in [0.2, 0.25) is 0 Å². The highest BCUT2D eigenvalue weighted by atomic mass is 127. The number of nitrogens with zero attached hydrogens (tertiary/aromatic N) is 2. The number of morpholine rings is 1. The predicted octanol–water partition coefficient (Wildman–Crippen LogP) is 2.86. The van der Waals surface area contributed by atoms with Crippen molar-refractivity contribution in [2.75, 3.05) is 54.1 Å². The molecule has 2 rings (SSSR count). The number of rotatable bonds is 7. The first-order valence-electron chi connectivity index (χ1n) is 9.09. The molecule has 1 fully saturated rings. The number of hydrogen-bond acceptors (Lipinski definition) is 5. The third kappa shape index (κ3) is 6.93. The number of halogens is 2. The van der Waals surface area contributed by atoms with E-state index in [1.165, 1.54) is 0 Å². The second-order valence-corrected chi connectivity index (χ2v) is 7.84. The van der Waals surface area contributed by atoms with Crippen LogP contribution in [-0.2, 0) is 11.3 Å². The number of hydrogen-bond donors (Lipinski definition) is 2. The molecule has 0 aliphatic carbocycles. The summed E-state index contributed by atoms with van der Waals surface area (Å²) in [6.07, 6.45) is 0. The first-order chi connectivity index (χ1) is 12.9. The molecule has 0 amide bonds. The zero-order valence-corrected chi connectivity index (χ0v) is 21.2. The van der Waals surface area contributed by atoms with E-state index in [1.807, 2.05) is 12.1 Å². The van der Waals surface area contributed by atoms with E-state index in [4.69, 9.17) is 14.2 Å². The molecule has 0 bridgehead atoms. The molecule has 160 valence electrons. The maximum Gasteiger partial charge on any atom is 0.191 e. The van der Waals surface area contributed by atoms with Crippen molar-refractivity contribution >= 4 is 45.9 Å². The van der Waals surface area contributed by atoms with Crippen LogP contribution in [0, 0.1) is 0 Å². The van der Waals surface area contributed by atoms with Crippen LogP contribution in [0.4, 0.5) is 0 Å². The van der Waals surface area contributed by atoms with Crippen LogP contribution < -0.4 is 20.1 Å². The van der Waals surface area contributed by atoms with Gasteiger partial charge in [-0.1, -0.05) is 15.9 Å². The summed E-state index contributed by atoms with van der Waals surface area (Å²) in [5, 5.41) is 6.79. The van der Waals surface area contributed by atoms with Gasteiger partial charge in [0, 0.05) is 43.2 Å². The summed E-state index contributed by atoms with van der Waals surface area (Å²) in [5.41, 5.74) is 1.08. The van der Waals surface area contributed by atoms with Gasteiger partial charge in [-0.25, -0.2) is 0 Å². The Labute approximate surface area is 193 Å². The van der Waals surface area contributed by atoms with Crippen LogP contribution in [0.15, 0.2) is 21.6 Å². The van der Waals surface area contributed by atoms with Gasteiger partial charge in [0.25, 0.3) is 0 Å². The summed E-state index contributed by atoms with van der Waals surface area (Å²) in [6.45, 7) is 9.39. The van der Waals surface area contributed by atoms with Gasteiger partial charge in [-0.15, -0.1) is 24.0 Å². The second-order valence-electron chi connectivity index (χ2n) is 6.99. The van der Waals surface area contributed by atoms with Crippen molar-refractivity contribution in [1.82, 2.24) is 15.5 Å². The Hall–Kier alpha value is -0.780. The number of guanidine groups is 1. The van der Waals surface area contributed by atoms with Crippen molar-refractivity contribution in [2.45, 2.75) is 25.9 Å². The fraction of sp³-hybridized carbons (Fsp3) is 0.632. The molecular weight excluding hydrogens is 539 g/mol. The SMILES string of the molecule is CN=C(NCc1cc(OC)c(OC)cc1Br)NCC(C)(C)N1CCOCC1.I. The van der Waals surface area contributed by atoms with Crippen LogP contribution >= 0.6 is 39.9 Å². The van der Waals surface area contributed by atoms with Crippen molar-refractivity contribution in [3.05, 3.63) is 22.2 Å². The van der Waals surface area contributed by atoms with Gasteiger partial charge in [0.2, 0.25) is 0 Å². The van der Waals surface area contributed by atoms with Gasteiger partial charge in [-0.2, -0.15) is 0 Å². The summed E-state index contributed by atoms with van der Waals surface area (Å²) < 4.78 is 17.1. The normalized spacial score (nSPS) is 15.6. The van der Waals surface area contributed by atoms with Gasteiger partial charge in [0.15, 0.2) is 17.5 Å². The zero-order chi connectivity index (χ0) is 19.9. The van der Waals surface area contributed by atoms with Crippen molar-refractivity contribution < 1.29 is 14.2 Å². The predicted molar refractivity (Wildman–Crippen MR) is 127 cm³/mol. The van der Waals surface area contributed by atoms with E-state index in [2.05, 4.69) is 50.3 Å². The summed E-state index contributed by atoms with van der Waals surface area (Å²) in [4.78, 5) is 6.78. The molecule has 9 heteroatoms. The monoisotopic (exact) mass is 570 g/mol. The highest BCUT2D eigenvalue weighted by molar-refractivity contribution is 14.0. The molecular formula is C19H32BrIN4O3. The molecule has 1 aliphatic heterocycles. The number of aliphatic imine (C=N–C) groups is 1. The molecule has 1 aliphatic rings. The fourth-order valence-electron chi connectivity index (χ4n) is 3.01. The van der Waals surface area contributed by atoms with Crippen molar-refractivity contribution in [2.24, 2.45) is 4.99 Å². The van der Waals surface area contributed by atoms with Gasteiger partial charge in [-0.05, 0) is 31.5 Å². The minimum absolute atomic E-state index is 0. The smallest absolute Gasteiger partial charge is 0.191 e. The van der Waals surface area contributed by atoms with Gasteiger partial charge < -0.3 is 24.8 Å². The molecule has 0 unspecified atom stereocenters. The highest BCUT2D eigenvalue weighted by Crippen LogP contribution is 2.33. The van der Waals surface area contributed by atoms with Gasteiger partial charge in [0.05, 0.1) is 27.4 Å². The molecule has 0 radical (unpaired) electrons. The first-order valence-corrected chi connectivity index (χ1v) is 9.88. The van der Waals surface area contributed by atoms with Crippen molar-refractivity contribution in [1.29, 1.82) is 0 Å². The van der Waals surface area contributed by atoms with E-state index >= 15 is 0 Å². The topological polar surface area (TPSA) is 67.4 Å². The maximum atomic E-state index is 5.45. The van der Waals surface area contributed by atoms with Crippen molar-refractivity contribution in [3.63, 3.8) is 0 Å². The lowest BCUT2D eigenvalue weighted by molar-refractivity contribution is -0.00834. The average molecular weight is 571 g/mol. The number of methoxy groups -OCH3 is 2. The van der Waals surface area contributed by atoms with Crippen LogP contribution in [0.5, 0.6) is 11.5 Å². The lowest BCUT2D eigenvalue weighted by Gasteiger charge is -2.41. The van der Waals surface area contributed by atoms with E-state index in [0.29, 0.717) is 18.0 Å². The molecule has 0 atom stereocenters. The fourth-order valence-corrected chi connectivity index (χ4v) is 3.47. The molecule has 0 saturated carbocycles. The second kappa shape index (κ2) is 12.0. The van der Waals surface area contributed by atoms with E-state index in [1.54, 1.807) is 21.3 Å². The molecule has 1 saturated heterocycles. The van der Waals surface area contributed by atoms with E-state index in [9.17, 15) is 0 Å². The zero-order valence-electron chi connectivity index (χ0n) is 17.3. The maximum absolute atomic E-state index is 5.45. The van der Waals surface area contributed by atoms with Crippen LogP contribution in [0.1, 0.15) is 19.4 Å². The van der Waals surface area contributed by atoms with Gasteiger partial charge in [0.1, 0.15) is 0 Å². The lowest BCUT2D eigenvalue weighted by Crippen LogP contribution is -2.56. The Balaban J connectivity index is 0.00000392. The average Bonchev–Trinajstić information content (AvgIpc) is 2.69. The first kappa shape index (κ1) is 25.3. The third-order valence-electron chi connectivity index (χ3n) is 4.78. The summed E-state index contributed by atoms with van der Waals surface area (Å²) in [5.74, 6) is 2.16. The standard InChI is InChI=1S/C19H31BrN4O3.HI/c1-19(2,24-6-8-27-9-7-24)13-23-18(21-3)22-12-14-10-16(25-4)17(26-5)11-15(14)20;/h10-11H,6-9,12-13H2,1-5H3,(H2,21,22,23);1H.